The maximum atomic E-state index is 12.9. The van der Waals surface area contributed by atoms with Crippen molar-refractivity contribution in [3.05, 3.63) is 46.5 Å². The van der Waals surface area contributed by atoms with Gasteiger partial charge in [-0.25, -0.2) is 9.78 Å². The topological polar surface area (TPSA) is 93.8 Å². The molecule has 8 heteroatoms. The molecular weight excluding hydrogens is 404 g/mol. The molecule has 0 bridgehead atoms. The number of carbonyl (C=O) groups is 1. The highest BCUT2D eigenvalue weighted by Gasteiger charge is 2.66. The average molecular weight is 431 g/mol. The number of hydrogen-bond donors (Lipinski definition) is 2. The van der Waals surface area contributed by atoms with Crippen LogP contribution in [-0.2, 0) is 17.3 Å². The van der Waals surface area contributed by atoms with Gasteiger partial charge in [0.15, 0.2) is 5.65 Å². The zero-order valence-electron chi connectivity index (χ0n) is 18.0. The molecule has 3 heterocycles. The molecule has 7 rings (SSSR count). The summed E-state index contributed by atoms with van der Waals surface area (Å²) >= 11 is 0. The van der Waals surface area contributed by atoms with Gasteiger partial charge in [0.2, 0.25) is 11.9 Å². The van der Waals surface area contributed by atoms with Crippen LogP contribution in [0, 0.1) is 11.8 Å². The minimum absolute atomic E-state index is 0.00510. The van der Waals surface area contributed by atoms with Crippen molar-refractivity contribution in [3.63, 3.8) is 0 Å². The predicted molar refractivity (Wildman–Crippen MR) is 121 cm³/mol. The Balaban J connectivity index is 1.15. The summed E-state index contributed by atoms with van der Waals surface area (Å²) in [5.41, 5.74) is 3.24. The van der Waals surface area contributed by atoms with Gasteiger partial charge in [0, 0.05) is 24.8 Å². The lowest BCUT2D eigenvalue weighted by atomic mass is 9.77. The van der Waals surface area contributed by atoms with E-state index in [1.54, 1.807) is 17.8 Å². The quantitative estimate of drug-likeness (QED) is 0.666. The van der Waals surface area contributed by atoms with Crippen LogP contribution < -0.4 is 16.3 Å². The largest absolute Gasteiger partial charge is 0.351 e. The van der Waals surface area contributed by atoms with Crippen LogP contribution in [0.1, 0.15) is 50.1 Å². The lowest BCUT2D eigenvalue weighted by molar-refractivity contribution is -0.121. The number of amides is 1. The van der Waals surface area contributed by atoms with Crippen LogP contribution >= 0.6 is 0 Å². The van der Waals surface area contributed by atoms with Crippen molar-refractivity contribution in [1.82, 2.24) is 19.1 Å². The number of nitrogens with zero attached hydrogens (tertiary/aromatic N) is 4. The van der Waals surface area contributed by atoms with Crippen LogP contribution in [0.2, 0.25) is 0 Å². The van der Waals surface area contributed by atoms with Crippen molar-refractivity contribution in [2.75, 3.05) is 10.6 Å². The van der Waals surface area contributed by atoms with Gasteiger partial charge in [-0.3, -0.25) is 13.9 Å². The number of aromatic nitrogens is 4. The number of hydrogen-bond acceptors (Lipinski definition) is 5. The summed E-state index contributed by atoms with van der Waals surface area (Å²) in [6.07, 6.45) is 7.87. The number of carbonyl (C=O) groups excluding carboxylic acids is 1. The Hall–Kier alpha value is -3.16. The second kappa shape index (κ2) is 6.21. The number of anilines is 2. The second-order valence-electron chi connectivity index (χ2n) is 10.0. The van der Waals surface area contributed by atoms with Crippen molar-refractivity contribution < 1.29 is 4.79 Å². The van der Waals surface area contributed by atoms with Crippen LogP contribution in [0.25, 0.3) is 11.2 Å². The van der Waals surface area contributed by atoms with E-state index in [4.69, 9.17) is 4.98 Å². The van der Waals surface area contributed by atoms with Crippen LogP contribution in [0.3, 0.4) is 0 Å². The smallest absolute Gasteiger partial charge is 0.330 e. The van der Waals surface area contributed by atoms with Gasteiger partial charge in [0.25, 0.3) is 0 Å². The molecule has 164 valence electrons. The van der Waals surface area contributed by atoms with E-state index in [2.05, 4.69) is 21.7 Å². The third kappa shape index (κ3) is 2.32. The van der Waals surface area contributed by atoms with Gasteiger partial charge in [-0.15, -0.1) is 0 Å². The summed E-state index contributed by atoms with van der Waals surface area (Å²) in [5, 5.41) is 6.60. The minimum atomic E-state index is -0.378. The van der Waals surface area contributed by atoms with Crippen LogP contribution in [-0.4, -0.2) is 31.1 Å². The molecule has 3 aromatic rings. The Labute approximate surface area is 185 Å². The number of imidazole rings is 1. The standard InChI is InChI=1S/C24H26N6O2/c1-29-18-12-25-22(28-20(18)30(23(29)32)13-6-2-3-7-13)27-19-14-10-24(11-15(14)19)16-8-4-5-9-17(16)26-21(24)31/h4-5,8-9,12-15,19H,2-3,6-7,10-11H2,1H3,(H,26,31)(H,25,27,28). The molecule has 32 heavy (non-hydrogen) atoms. The maximum absolute atomic E-state index is 12.9. The first-order chi connectivity index (χ1) is 15.6. The SMILES string of the molecule is Cn1c(=O)n(C2CCCC2)c2nc(NC3C4CC5(CC43)C(=O)Nc3ccccc35)ncc21. The summed E-state index contributed by atoms with van der Waals surface area (Å²) in [4.78, 5) is 35.0. The molecule has 1 aromatic carbocycles. The van der Waals surface area contributed by atoms with E-state index in [0.717, 1.165) is 60.9 Å². The Morgan fingerprint density at radius 1 is 1.12 bits per heavy atom. The van der Waals surface area contributed by atoms with Crippen LogP contribution in [0.5, 0.6) is 0 Å². The van der Waals surface area contributed by atoms with Gasteiger partial charge in [-0.1, -0.05) is 31.0 Å². The van der Waals surface area contributed by atoms with Gasteiger partial charge in [0.1, 0.15) is 5.52 Å². The fourth-order valence-corrected chi connectivity index (χ4v) is 6.73. The van der Waals surface area contributed by atoms with Crippen molar-refractivity contribution >= 4 is 28.7 Å². The molecule has 1 spiro atoms. The van der Waals surface area contributed by atoms with E-state index >= 15 is 0 Å². The third-order valence-corrected chi connectivity index (χ3v) is 8.44. The number of para-hydroxylation sites is 1. The first-order valence-corrected chi connectivity index (χ1v) is 11.7. The Morgan fingerprint density at radius 2 is 1.88 bits per heavy atom. The average Bonchev–Trinajstić information content (AvgIpc) is 3.28. The first-order valence-electron chi connectivity index (χ1n) is 11.7. The second-order valence-corrected chi connectivity index (χ2v) is 10.0. The highest BCUT2D eigenvalue weighted by atomic mass is 16.2. The third-order valence-electron chi connectivity index (χ3n) is 8.44. The van der Waals surface area contributed by atoms with Gasteiger partial charge in [-0.2, -0.15) is 4.98 Å². The molecule has 0 saturated heterocycles. The maximum Gasteiger partial charge on any atom is 0.330 e. The summed E-state index contributed by atoms with van der Waals surface area (Å²) < 4.78 is 3.53. The molecule has 2 aromatic heterocycles. The van der Waals surface area contributed by atoms with Crippen molar-refractivity contribution in [2.45, 2.75) is 56.0 Å². The summed E-state index contributed by atoms with van der Waals surface area (Å²) in [6.45, 7) is 0. The number of rotatable bonds is 3. The molecule has 2 atom stereocenters. The Morgan fingerprint density at radius 3 is 2.66 bits per heavy atom. The van der Waals surface area contributed by atoms with Crippen molar-refractivity contribution in [2.24, 2.45) is 18.9 Å². The van der Waals surface area contributed by atoms with Gasteiger partial charge >= 0.3 is 5.69 Å². The molecule has 2 unspecified atom stereocenters. The zero-order valence-corrected chi connectivity index (χ0v) is 18.0. The van der Waals surface area contributed by atoms with E-state index < -0.39 is 0 Å². The monoisotopic (exact) mass is 430 g/mol. The van der Waals surface area contributed by atoms with Crippen molar-refractivity contribution in [1.29, 1.82) is 0 Å². The number of fused-ring (bicyclic) bond motifs is 4. The molecule has 3 saturated carbocycles. The molecule has 1 aliphatic heterocycles. The highest BCUT2D eigenvalue weighted by molar-refractivity contribution is 6.06. The van der Waals surface area contributed by atoms with Gasteiger partial charge in [-0.05, 0) is 49.1 Å². The molecule has 3 aliphatic carbocycles. The molecule has 0 radical (unpaired) electrons. The number of aryl methyl sites for hydroxylation is 1. The molecule has 1 amide bonds. The van der Waals surface area contributed by atoms with Gasteiger partial charge < -0.3 is 10.6 Å². The molecule has 8 nitrogen and oxygen atoms in total. The fraction of sp³-hybridized carbons (Fsp3) is 0.500. The highest BCUT2D eigenvalue weighted by Crippen LogP contribution is 2.63. The lowest BCUT2D eigenvalue weighted by Gasteiger charge is -2.25. The molecule has 4 aliphatic rings. The Kier molecular flexibility index (Phi) is 3.57. The molecule has 2 N–H and O–H groups in total. The summed E-state index contributed by atoms with van der Waals surface area (Å²) in [5.74, 6) is 1.62. The van der Waals surface area contributed by atoms with Gasteiger partial charge in [0.05, 0.1) is 11.6 Å². The van der Waals surface area contributed by atoms with E-state index in [-0.39, 0.29) is 29.1 Å². The lowest BCUT2D eigenvalue weighted by Crippen LogP contribution is -2.35. The van der Waals surface area contributed by atoms with Crippen LogP contribution in [0.15, 0.2) is 35.3 Å². The summed E-state index contributed by atoms with van der Waals surface area (Å²) in [7, 11) is 1.79. The summed E-state index contributed by atoms with van der Waals surface area (Å²) in [6, 6.07) is 8.60. The number of nitrogens with one attached hydrogen (secondary N) is 2. The predicted octanol–water partition coefficient (Wildman–Crippen LogP) is 2.96. The van der Waals surface area contributed by atoms with Crippen molar-refractivity contribution in [3.8, 4) is 0 Å². The zero-order chi connectivity index (χ0) is 21.6. The minimum Gasteiger partial charge on any atom is -0.351 e. The first kappa shape index (κ1) is 18.4. The number of benzene rings is 1. The Bertz CT molecular complexity index is 1320. The normalized spacial score (nSPS) is 30.7. The fourth-order valence-electron chi connectivity index (χ4n) is 6.73. The van der Waals surface area contributed by atoms with E-state index in [1.807, 2.05) is 22.8 Å². The molecular formula is C24H26N6O2. The molecule has 3 fully saturated rings. The van der Waals surface area contributed by atoms with E-state index in [0.29, 0.717) is 17.8 Å². The van der Waals surface area contributed by atoms with E-state index in [9.17, 15) is 9.59 Å². The van der Waals surface area contributed by atoms with E-state index in [1.165, 1.54) is 0 Å². The van der Waals surface area contributed by atoms with Crippen LogP contribution in [0.4, 0.5) is 11.6 Å².